The van der Waals surface area contributed by atoms with Crippen molar-refractivity contribution in [2.24, 2.45) is 0 Å². The van der Waals surface area contributed by atoms with Gasteiger partial charge >= 0.3 is 5.97 Å². The third kappa shape index (κ3) is 3.52. The number of ether oxygens (including phenoxy) is 1. The van der Waals surface area contributed by atoms with Crippen molar-refractivity contribution in [3.05, 3.63) is 35.1 Å². The number of hydrogen-bond acceptors (Lipinski definition) is 3. The van der Waals surface area contributed by atoms with Crippen LogP contribution in [0.25, 0.3) is 0 Å². The lowest BCUT2D eigenvalue weighted by Gasteiger charge is -2.47. The maximum atomic E-state index is 13.2. The highest BCUT2D eigenvalue weighted by molar-refractivity contribution is 5.68. The molecule has 19 heavy (non-hydrogen) atoms. The number of benzene rings is 1. The standard InChI is InChI=1S/C14H18FNO3/c1-10-3-4-12(15)5-11(10)6-16-8-14(2,9-16)19-7-13(17)18/h3-5H,6-9H2,1-2H3,(H,17,18). The summed E-state index contributed by atoms with van der Waals surface area (Å²) in [5, 5.41) is 8.58. The lowest BCUT2D eigenvalue weighted by atomic mass is 9.95. The van der Waals surface area contributed by atoms with Gasteiger partial charge in [0, 0.05) is 19.6 Å². The topological polar surface area (TPSA) is 49.8 Å². The highest BCUT2D eigenvalue weighted by Gasteiger charge is 2.40. The molecule has 0 spiro atoms. The fourth-order valence-corrected chi connectivity index (χ4v) is 2.39. The fourth-order valence-electron chi connectivity index (χ4n) is 2.39. The molecule has 4 nitrogen and oxygen atoms in total. The molecule has 1 heterocycles. The maximum absolute atomic E-state index is 13.2. The number of nitrogens with zero attached hydrogens (tertiary/aromatic N) is 1. The summed E-state index contributed by atoms with van der Waals surface area (Å²) in [6.45, 7) is 5.56. The minimum absolute atomic E-state index is 0.231. The van der Waals surface area contributed by atoms with E-state index in [1.807, 2.05) is 13.8 Å². The normalized spacial score (nSPS) is 18.1. The number of carboxylic acids is 1. The summed E-state index contributed by atoms with van der Waals surface area (Å²) in [6, 6.07) is 4.77. The molecule has 1 N–H and O–H groups in total. The Kier molecular flexibility index (Phi) is 3.87. The average molecular weight is 267 g/mol. The Labute approximate surface area is 111 Å². The zero-order valence-electron chi connectivity index (χ0n) is 11.1. The number of likely N-dealkylation sites (tertiary alicyclic amines) is 1. The molecule has 0 aliphatic carbocycles. The van der Waals surface area contributed by atoms with E-state index in [-0.39, 0.29) is 12.4 Å². The monoisotopic (exact) mass is 267 g/mol. The summed E-state index contributed by atoms with van der Waals surface area (Å²) in [6.07, 6.45) is 0. The molecule has 2 rings (SSSR count). The number of carboxylic acid groups (broad SMARTS) is 1. The Hall–Kier alpha value is -1.46. The Morgan fingerprint density at radius 2 is 2.21 bits per heavy atom. The van der Waals surface area contributed by atoms with Crippen LogP contribution in [0.15, 0.2) is 18.2 Å². The second-order valence-corrected chi connectivity index (χ2v) is 5.35. The first-order valence-corrected chi connectivity index (χ1v) is 6.21. The molecule has 1 aliphatic heterocycles. The predicted molar refractivity (Wildman–Crippen MR) is 68.4 cm³/mol. The van der Waals surface area contributed by atoms with E-state index in [4.69, 9.17) is 9.84 Å². The van der Waals surface area contributed by atoms with Crippen molar-refractivity contribution in [2.75, 3.05) is 19.7 Å². The number of rotatable bonds is 5. The van der Waals surface area contributed by atoms with Crippen LogP contribution < -0.4 is 0 Å². The van der Waals surface area contributed by atoms with E-state index in [9.17, 15) is 9.18 Å². The molecular formula is C14H18FNO3. The molecule has 0 radical (unpaired) electrons. The molecular weight excluding hydrogens is 249 g/mol. The van der Waals surface area contributed by atoms with Gasteiger partial charge in [-0.05, 0) is 37.1 Å². The molecule has 0 saturated carbocycles. The van der Waals surface area contributed by atoms with Gasteiger partial charge in [0.25, 0.3) is 0 Å². The maximum Gasteiger partial charge on any atom is 0.329 e. The summed E-state index contributed by atoms with van der Waals surface area (Å²) in [7, 11) is 0. The smallest absolute Gasteiger partial charge is 0.329 e. The quantitative estimate of drug-likeness (QED) is 0.884. The van der Waals surface area contributed by atoms with Crippen LogP contribution in [0, 0.1) is 12.7 Å². The molecule has 1 aliphatic rings. The van der Waals surface area contributed by atoms with Crippen LogP contribution in [-0.4, -0.2) is 41.3 Å². The van der Waals surface area contributed by atoms with Gasteiger partial charge in [-0.3, -0.25) is 4.90 Å². The van der Waals surface area contributed by atoms with Crippen molar-refractivity contribution in [1.29, 1.82) is 0 Å². The minimum Gasteiger partial charge on any atom is -0.480 e. The van der Waals surface area contributed by atoms with E-state index in [0.717, 1.165) is 11.1 Å². The second kappa shape index (κ2) is 5.27. The Morgan fingerprint density at radius 3 is 2.84 bits per heavy atom. The number of carbonyl (C=O) groups is 1. The van der Waals surface area contributed by atoms with E-state index >= 15 is 0 Å². The summed E-state index contributed by atoms with van der Waals surface area (Å²) in [5.41, 5.74) is 1.61. The van der Waals surface area contributed by atoms with Crippen LogP contribution in [0.2, 0.25) is 0 Å². The van der Waals surface area contributed by atoms with Crippen LogP contribution in [-0.2, 0) is 16.1 Å². The van der Waals surface area contributed by atoms with E-state index in [0.29, 0.717) is 19.6 Å². The Morgan fingerprint density at radius 1 is 1.53 bits per heavy atom. The molecule has 0 atom stereocenters. The van der Waals surface area contributed by atoms with Crippen molar-refractivity contribution in [2.45, 2.75) is 26.0 Å². The molecule has 0 bridgehead atoms. The van der Waals surface area contributed by atoms with E-state index in [1.54, 1.807) is 12.1 Å². The molecule has 1 fully saturated rings. The van der Waals surface area contributed by atoms with Crippen molar-refractivity contribution >= 4 is 5.97 Å². The number of hydrogen-bond donors (Lipinski definition) is 1. The molecule has 1 saturated heterocycles. The van der Waals surface area contributed by atoms with Gasteiger partial charge in [-0.2, -0.15) is 0 Å². The zero-order valence-corrected chi connectivity index (χ0v) is 11.1. The summed E-state index contributed by atoms with van der Waals surface area (Å²) >= 11 is 0. The molecule has 1 aromatic carbocycles. The first kappa shape index (κ1) is 14.0. The zero-order chi connectivity index (χ0) is 14.0. The van der Waals surface area contributed by atoms with Gasteiger partial charge in [0.15, 0.2) is 0 Å². The number of aliphatic carboxylic acids is 1. The van der Waals surface area contributed by atoms with Crippen LogP contribution >= 0.6 is 0 Å². The van der Waals surface area contributed by atoms with E-state index < -0.39 is 11.6 Å². The van der Waals surface area contributed by atoms with Gasteiger partial charge < -0.3 is 9.84 Å². The van der Waals surface area contributed by atoms with Crippen molar-refractivity contribution in [3.63, 3.8) is 0 Å². The predicted octanol–water partition coefficient (Wildman–Crippen LogP) is 1.81. The minimum atomic E-state index is -0.958. The van der Waals surface area contributed by atoms with Crippen molar-refractivity contribution in [1.82, 2.24) is 4.90 Å². The Balaban J connectivity index is 1.87. The lowest BCUT2D eigenvalue weighted by molar-refractivity contribution is -0.165. The summed E-state index contributed by atoms with van der Waals surface area (Å²) in [5.74, 6) is -1.19. The number of halogens is 1. The molecule has 104 valence electrons. The molecule has 0 unspecified atom stereocenters. The van der Waals surface area contributed by atoms with Crippen LogP contribution in [0.3, 0.4) is 0 Å². The highest BCUT2D eigenvalue weighted by atomic mass is 19.1. The van der Waals surface area contributed by atoms with Crippen LogP contribution in [0.5, 0.6) is 0 Å². The largest absolute Gasteiger partial charge is 0.480 e. The summed E-state index contributed by atoms with van der Waals surface area (Å²) < 4.78 is 18.5. The molecule has 0 amide bonds. The van der Waals surface area contributed by atoms with Gasteiger partial charge in [-0.15, -0.1) is 0 Å². The van der Waals surface area contributed by atoms with Crippen molar-refractivity contribution in [3.8, 4) is 0 Å². The van der Waals surface area contributed by atoms with Gasteiger partial charge in [0.2, 0.25) is 0 Å². The third-order valence-electron chi connectivity index (χ3n) is 3.37. The summed E-state index contributed by atoms with van der Waals surface area (Å²) in [4.78, 5) is 12.6. The van der Waals surface area contributed by atoms with Gasteiger partial charge in [-0.1, -0.05) is 6.07 Å². The fraction of sp³-hybridized carbons (Fsp3) is 0.500. The van der Waals surface area contributed by atoms with Gasteiger partial charge in [0.05, 0.1) is 5.60 Å². The Bertz CT molecular complexity index is 484. The van der Waals surface area contributed by atoms with Gasteiger partial charge in [0.1, 0.15) is 12.4 Å². The van der Waals surface area contributed by atoms with E-state index in [2.05, 4.69) is 4.90 Å². The average Bonchev–Trinajstić information content (AvgIpc) is 2.29. The van der Waals surface area contributed by atoms with E-state index in [1.165, 1.54) is 6.07 Å². The second-order valence-electron chi connectivity index (χ2n) is 5.35. The van der Waals surface area contributed by atoms with Crippen LogP contribution in [0.4, 0.5) is 4.39 Å². The highest BCUT2D eigenvalue weighted by Crippen LogP contribution is 2.27. The third-order valence-corrected chi connectivity index (χ3v) is 3.37. The first-order chi connectivity index (χ1) is 8.88. The molecule has 1 aromatic rings. The molecule has 0 aromatic heterocycles. The SMILES string of the molecule is Cc1ccc(F)cc1CN1CC(C)(OCC(=O)O)C1. The first-order valence-electron chi connectivity index (χ1n) is 6.21. The number of aryl methyl sites for hydroxylation is 1. The van der Waals surface area contributed by atoms with Crippen molar-refractivity contribution < 1.29 is 19.0 Å². The van der Waals surface area contributed by atoms with Gasteiger partial charge in [-0.25, -0.2) is 9.18 Å². The lowest BCUT2D eigenvalue weighted by Crippen LogP contribution is -2.61. The van der Waals surface area contributed by atoms with Crippen LogP contribution in [0.1, 0.15) is 18.1 Å². The molecule has 5 heteroatoms.